The molecule has 0 spiro atoms. The average Bonchev–Trinajstić information content (AvgIpc) is 2.61. The van der Waals surface area contributed by atoms with Gasteiger partial charge in [-0.1, -0.05) is 32.9 Å². The van der Waals surface area contributed by atoms with Gasteiger partial charge in [0.15, 0.2) is 0 Å². The lowest BCUT2D eigenvalue weighted by atomic mass is 9.87. The molecule has 2 aliphatic rings. The van der Waals surface area contributed by atoms with Gasteiger partial charge in [-0.3, -0.25) is 0 Å². The van der Waals surface area contributed by atoms with Gasteiger partial charge in [0.25, 0.3) is 0 Å². The van der Waals surface area contributed by atoms with Crippen LogP contribution in [-0.2, 0) is 5.41 Å². The van der Waals surface area contributed by atoms with E-state index in [4.69, 9.17) is 5.73 Å². The summed E-state index contributed by atoms with van der Waals surface area (Å²) >= 11 is 0. The van der Waals surface area contributed by atoms with Crippen LogP contribution in [0.25, 0.3) is 0 Å². The number of fused-ring (bicyclic) bond motifs is 2. The molecule has 0 radical (unpaired) electrons. The lowest BCUT2D eigenvalue weighted by molar-refractivity contribution is 0.414. The van der Waals surface area contributed by atoms with Gasteiger partial charge >= 0.3 is 0 Å². The van der Waals surface area contributed by atoms with Crippen molar-refractivity contribution in [2.75, 3.05) is 4.90 Å². The molecule has 1 aromatic rings. The molecule has 1 aromatic carbocycles. The largest absolute Gasteiger partial charge is 0.365 e. The maximum atomic E-state index is 6.15. The van der Waals surface area contributed by atoms with E-state index in [1.54, 1.807) is 0 Å². The summed E-state index contributed by atoms with van der Waals surface area (Å²) in [5, 5.41) is 0. The first kappa shape index (κ1) is 13.0. The van der Waals surface area contributed by atoms with Crippen molar-refractivity contribution in [3.05, 3.63) is 29.8 Å². The van der Waals surface area contributed by atoms with E-state index < -0.39 is 0 Å². The van der Waals surface area contributed by atoms with E-state index in [-0.39, 0.29) is 5.41 Å². The Hall–Kier alpha value is -1.02. The van der Waals surface area contributed by atoms with Crippen LogP contribution in [-0.4, -0.2) is 18.1 Å². The monoisotopic (exact) mass is 258 g/mol. The van der Waals surface area contributed by atoms with Crippen LogP contribution >= 0.6 is 0 Å². The van der Waals surface area contributed by atoms with Crippen LogP contribution in [0.15, 0.2) is 24.3 Å². The normalized spacial score (nSPS) is 30.7. The molecule has 2 nitrogen and oxygen atoms in total. The molecule has 2 bridgehead atoms. The summed E-state index contributed by atoms with van der Waals surface area (Å²) in [6, 6.07) is 11.0. The lowest BCUT2D eigenvalue weighted by Gasteiger charge is -2.39. The first-order chi connectivity index (χ1) is 8.95. The van der Waals surface area contributed by atoms with E-state index >= 15 is 0 Å². The number of rotatable bonds is 1. The molecule has 2 heterocycles. The second-order valence-corrected chi connectivity index (χ2v) is 7.32. The third-order valence-electron chi connectivity index (χ3n) is 4.80. The van der Waals surface area contributed by atoms with Crippen molar-refractivity contribution in [2.24, 2.45) is 5.73 Å². The summed E-state index contributed by atoms with van der Waals surface area (Å²) in [6.45, 7) is 6.81. The zero-order valence-electron chi connectivity index (χ0n) is 12.4. The summed E-state index contributed by atoms with van der Waals surface area (Å²) in [4.78, 5) is 2.63. The third kappa shape index (κ3) is 2.38. The van der Waals surface area contributed by atoms with Crippen molar-refractivity contribution >= 4 is 5.69 Å². The molecular formula is C17H26N2. The predicted molar refractivity (Wildman–Crippen MR) is 81.6 cm³/mol. The highest BCUT2D eigenvalue weighted by Gasteiger charge is 2.39. The molecule has 2 saturated heterocycles. The number of benzene rings is 1. The van der Waals surface area contributed by atoms with Gasteiger partial charge in [0.1, 0.15) is 0 Å². The summed E-state index contributed by atoms with van der Waals surface area (Å²) in [7, 11) is 0. The highest BCUT2D eigenvalue weighted by molar-refractivity contribution is 5.52. The molecular weight excluding hydrogens is 232 g/mol. The second kappa shape index (κ2) is 4.52. The SMILES string of the molecule is CC(C)(C)c1ccc(N2C3CCC2CC(N)C3)cc1. The molecule has 104 valence electrons. The zero-order chi connectivity index (χ0) is 13.6. The standard InChI is InChI=1S/C17H26N2/c1-17(2,3)12-4-6-14(7-5-12)19-15-8-9-16(19)11-13(18)10-15/h4-7,13,15-16H,8-11,18H2,1-3H3. The van der Waals surface area contributed by atoms with Crippen LogP contribution in [0.1, 0.15) is 52.0 Å². The van der Waals surface area contributed by atoms with Gasteiger partial charge in [-0.15, -0.1) is 0 Å². The molecule has 2 heteroatoms. The van der Waals surface area contributed by atoms with Crippen LogP contribution in [0.2, 0.25) is 0 Å². The summed E-state index contributed by atoms with van der Waals surface area (Å²) in [5.74, 6) is 0. The first-order valence-electron chi connectivity index (χ1n) is 7.59. The topological polar surface area (TPSA) is 29.3 Å². The number of hydrogen-bond acceptors (Lipinski definition) is 2. The van der Waals surface area contributed by atoms with Crippen molar-refractivity contribution in [1.82, 2.24) is 0 Å². The number of nitrogens with two attached hydrogens (primary N) is 1. The molecule has 2 N–H and O–H groups in total. The molecule has 2 fully saturated rings. The smallest absolute Gasteiger partial charge is 0.0371 e. The van der Waals surface area contributed by atoms with Gasteiger partial charge < -0.3 is 10.6 Å². The van der Waals surface area contributed by atoms with Gasteiger partial charge in [-0.25, -0.2) is 0 Å². The summed E-state index contributed by atoms with van der Waals surface area (Å²) in [6.07, 6.45) is 4.97. The molecule has 19 heavy (non-hydrogen) atoms. The highest BCUT2D eigenvalue weighted by Crippen LogP contribution is 2.39. The Morgan fingerprint density at radius 3 is 2.00 bits per heavy atom. The van der Waals surface area contributed by atoms with Gasteiger partial charge in [-0.2, -0.15) is 0 Å². The third-order valence-corrected chi connectivity index (χ3v) is 4.80. The Kier molecular flexibility index (Phi) is 3.09. The highest BCUT2D eigenvalue weighted by atomic mass is 15.2. The maximum absolute atomic E-state index is 6.15. The van der Waals surface area contributed by atoms with Crippen molar-refractivity contribution in [3.63, 3.8) is 0 Å². The number of hydrogen-bond donors (Lipinski definition) is 1. The minimum Gasteiger partial charge on any atom is -0.365 e. The van der Waals surface area contributed by atoms with Gasteiger partial charge in [0, 0.05) is 23.8 Å². The number of piperidine rings is 1. The fourth-order valence-corrected chi connectivity index (χ4v) is 3.77. The van der Waals surface area contributed by atoms with Crippen molar-refractivity contribution < 1.29 is 0 Å². The van der Waals surface area contributed by atoms with E-state index in [1.165, 1.54) is 24.1 Å². The minimum absolute atomic E-state index is 0.238. The molecule has 0 aliphatic carbocycles. The Labute approximate surface area is 117 Å². The summed E-state index contributed by atoms with van der Waals surface area (Å²) < 4.78 is 0. The Bertz CT molecular complexity index is 429. The Balaban J connectivity index is 1.84. The minimum atomic E-state index is 0.238. The number of nitrogens with zero attached hydrogens (tertiary/aromatic N) is 1. The van der Waals surface area contributed by atoms with Crippen LogP contribution in [0.4, 0.5) is 5.69 Å². The fourth-order valence-electron chi connectivity index (χ4n) is 3.77. The molecule has 0 aromatic heterocycles. The quantitative estimate of drug-likeness (QED) is 0.836. The lowest BCUT2D eigenvalue weighted by Crippen LogP contribution is -2.47. The van der Waals surface area contributed by atoms with Crippen molar-refractivity contribution in [1.29, 1.82) is 0 Å². The van der Waals surface area contributed by atoms with E-state index in [2.05, 4.69) is 49.9 Å². The van der Waals surface area contributed by atoms with Crippen LogP contribution < -0.4 is 10.6 Å². The summed E-state index contributed by atoms with van der Waals surface area (Å²) in [5.41, 5.74) is 9.20. The van der Waals surface area contributed by atoms with E-state index in [0.29, 0.717) is 18.1 Å². The zero-order valence-corrected chi connectivity index (χ0v) is 12.4. The van der Waals surface area contributed by atoms with Gasteiger partial charge in [0.05, 0.1) is 0 Å². The molecule has 0 amide bonds. The number of anilines is 1. The second-order valence-electron chi connectivity index (χ2n) is 7.32. The van der Waals surface area contributed by atoms with E-state index in [9.17, 15) is 0 Å². The van der Waals surface area contributed by atoms with Gasteiger partial charge in [-0.05, 0) is 48.8 Å². The fraction of sp³-hybridized carbons (Fsp3) is 0.647. The first-order valence-corrected chi connectivity index (χ1v) is 7.59. The Morgan fingerprint density at radius 1 is 1.00 bits per heavy atom. The maximum Gasteiger partial charge on any atom is 0.0371 e. The van der Waals surface area contributed by atoms with Crippen LogP contribution in [0.5, 0.6) is 0 Å². The van der Waals surface area contributed by atoms with Crippen molar-refractivity contribution in [2.45, 2.75) is 70.0 Å². The predicted octanol–water partition coefficient (Wildman–Crippen LogP) is 3.44. The molecule has 2 unspecified atom stereocenters. The molecule has 3 rings (SSSR count). The van der Waals surface area contributed by atoms with E-state index in [0.717, 1.165) is 12.8 Å². The molecule has 2 atom stereocenters. The molecule has 2 aliphatic heterocycles. The average molecular weight is 258 g/mol. The Morgan fingerprint density at radius 2 is 1.53 bits per heavy atom. The van der Waals surface area contributed by atoms with Crippen LogP contribution in [0, 0.1) is 0 Å². The van der Waals surface area contributed by atoms with E-state index in [1.807, 2.05) is 0 Å². The van der Waals surface area contributed by atoms with Gasteiger partial charge in [0.2, 0.25) is 0 Å². The van der Waals surface area contributed by atoms with Crippen molar-refractivity contribution in [3.8, 4) is 0 Å². The van der Waals surface area contributed by atoms with Crippen LogP contribution in [0.3, 0.4) is 0 Å². The molecule has 0 saturated carbocycles.